The lowest BCUT2D eigenvalue weighted by atomic mass is 9.77. The fraction of sp³-hybridized carbons (Fsp3) is 1.00. The molecule has 19 heavy (non-hydrogen) atoms. The Hall–Kier alpha value is -0.120. The van der Waals surface area contributed by atoms with Crippen LogP contribution in [0.3, 0.4) is 0 Å². The molecule has 3 unspecified atom stereocenters. The molecule has 3 heteroatoms. The molecule has 3 aliphatic heterocycles. The normalized spacial score (nSPS) is 41.4. The van der Waals surface area contributed by atoms with Crippen LogP contribution in [-0.2, 0) is 0 Å². The second-order valence-corrected chi connectivity index (χ2v) is 7.21. The van der Waals surface area contributed by atoms with Crippen LogP contribution in [0.2, 0.25) is 0 Å². The van der Waals surface area contributed by atoms with Gasteiger partial charge in [0.25, 0.3) is 0 Å². The van der Waals surface area contributed by atoms with E-state index in [1.54, 1.807) is 0 Å². The van der Waals surface area contributed by atoms with Gasteiger partial charge in [0.05, 0.1) is 0 Å². The molecule has 0 aliphatic carbocycles. The summed E-state index contributed by atoms with van der Waals surface area (Å²) in [5.74, 6) is 0. The molecule has 0 aromatic heterocycles. The Labute approximate surface area is 118 Å². The molecule has 3 rings (SSSR count). The Morgan fingerprint density at radius 3 is 2.79 bits per heavy atom. The van der Waals surface area contributed by atoms with Crippen LogP contribution >= 0.6 is 0 Å². The van der Waals surface area contributed by atoms with E-state index in [0.717, 1.165) is 12.1 Å². The molecule has 3 heterocycles. The molecule has 3 saturated heterocycles. The van der Waals surface area contributed by atoms with E-state index in [1.165, 1.54) is 71.2 Å². The average molecular weight is 265 g/mol. The maximum atomic E-state index is 3.64. The predicted molar refractivity (Wildman–Crippen MR) is 80.5 cm³/mol. The molecule has 0 spiro atoms. The second-order valence-electron chi connectivity index (χ2n) is 7.21. The SMILES string of the molecule is CCC1(CN2CCC3CCC(C2)N3C)CCCNC1. The maximum absolute atomic E-state index is 3.64. The van der Waals surface area contributed by atoms with Crippen molar-refractivity contribution < 1.29 is 0 Å². The third kappa shape index (κ3) is 2.84. The first-order valence-corrected chi connectivity index (χ1v) is 8.37. The molecule has 3 atom stereocenters. The van der Waals surface area contributed by atoms with E-state index < -0.39 is 0 Å². The monoisotopic (exact) mass is 265 g/mol. The standard InChI is InChI=1S/C16H31N3/c1-3-16(8-4-9-17-12-16)13-19-10-7-14-5-6-15(11-19)18(14)2/h14-15,17H,3-13H2,1-2H3. The zero-order chi connectivity index (χ0) is 13.3. The topological polar surface area (TPSA) is 18.5 Å². The van der Waals surface area contributed by atoms with Crippen molar-refractivity contribution in [2.24, 2.45) is 5.41 Å². The van der Waals surface area contributed by atoms with Crippen LogP contribution < -0.4 is 5.32 Å². The molecule has 0 saturated carbocycles. The zero-order valence-electron chi connectivity index (χ0n) is 12.8. The number of likely N-dealkylation sites (N-methyl/N-ethyl adjacent to an activating group) is 1. The number of nitrogens with zero attached hydrogens (tertiary/aromatic N) is 2. The lowest BCUT2D eigenvalue weighted by Crippen LogP contribution is -2.49. The van der Waals surface area contributed by atoms with Gasteiger partial charge >= 0.3 is 0 Å². The van der Waals surface area contributed by atoms with Crippen LogP contribution in [0.25, 0.3) is 0 Å². The van der Waals surface area contributed by atoms with E-state index >= 15 is 0 Å². The molecule has 110 valence electrons. The van der Waals surface area contributed by atoms with Crippen LogP contribution in [0.1, 0.15) is 45.4 Å². The molecular formula is C16H31N3. The van der Waals surface area contributed by atoms with Crippen molar-refractivity contribution in [3.63, 3.8) is 0 Å². The molecule has 0 amide bonds. The zero-order valence-corrected chi connectivity index (χ0v) is 12.8. The summed E-state index contributed by atoms with van der Waals surface area (Å²) in [5, 5.41) is 3.64. The third-order valence-corrected chi connectivity index (χ3v) is 6.10. The number of piperidine rings is 1. The van der Waals surface area contributed by atoms with E-state index in [1.807, 2.05) is 0 Å². The fourth-order valence-corrected chi connectivity index (χ4v) is 4.58. The van der Waals surface area contributed by atoms with Crippen LogP contribution in [-0.4, -0.2) is 61.7 Å². The number of hydrogen-bond donors (Lipinski definition) is 1. The summed E-state index contributed by atoms with van der Waals surface area (Å²) in [4.78, 5) is 5.45. The number of likely N-dealkylation sites (tertiary alicyclic amines) is 1. The van der Waals surface area contributed by atoms with Gasteiger partial charge in [-0.2, -0.15) is 0 Å². The van der Waals surface area contributed by atoms with Crippen LogP contribution in [0, 0.1) is 5.41 Å². The van der Waals surface area contributed by atoms with Gasteiger partial charge in [0.15, 0.2) is 0 Å². The van der Waals surface area contributed by atoms with Crippen molar-refractivity contribution in [3.8, 4) is 0 Å². The van der Waals surface area contributed by atoms with Crippen molar-refractivity contribution in [3.05, 3.63) is 0 Å². The molecule has 0 radical (unpaired) electrons. The largest absolute Gasteiger partial charge is 0.316 e. The Morgan fingerprint density at radius 1 is 1.21 bits per heavy atom. The third-order valence-electron chi connectivity index (χ3n) is 6.10. The summed E-state index contributed by atoms with van der Waals surface area (Å²) in [6.45, 7) is 8.83. The summed E-state index contributed by atoms with van der Waals surface area (Å²) < 4.78 is 0. The summed E-state index contributed by atoms with van der Waals surface area (Å²) >= 11 is 0. The van der Waals surface area contributed by atoms with Crippen molar-refractivity contribution in [2.45, 2.75) is 57.5 Å². The molecular weight excluding hydrogens is 234 g/mol. The first-order chi connectivity index (χ1) is 9.22. The van der Waals surface area contributed by atoms with Crippen LogP contribution in [0.4, 0.5) is 0 Å². The van der Waals surface area contributed by atoms with Gasteiger partial charge in [-0.05, 0) is 64.1 Å². The first kappa shape index (κ1) is 13.8. The number of rotatable bonds is 3. The van der Waals surface area contributed by atoms with Crippen molar-refractivity contribution >= 4 is 0 Å². The molecule has 3 aliphatic rings. The summed E-state index contributed by atoms with van der Waals surface area (Å²) in [5.41, 5.74) is 0.556. The second kappa shape index (κ2) is 5.71. The van der Waals surface area contributed by atoms with E-state index in [9.17, 15) is 0 Å². The molecule has 0 aromatic carbocycles. The predicted octanol–water partition coefficient (Wildman–Crippen LogP) is 1.93. The van der Waals surface area contributed by atoms with Crippen LogP contribution in [0.15, 0.2) is 0 Å². The van der Waals surface area contributed by atoms with Gasteiger partial charge in [0, 0.05) is 31.7 Å². The molecule has 3 fully saturated rings. The summed E-state index contributed by atoms with van der Waals surface area (Å²) in [6.07, 6.45) is 8.38. The minimum atomic E-state index is 0.556. The maximum Gasteiger partial charge on any atom is 0.0223 e. The highest BCUT2D eigenvalue weighted by atomic mass is 15.3. The smallest absolute Gasteiger partial charge is 0.0223 e. The average Bonchev–Trinajstić information content (AvgIpc) is 2.68. The highest BCUT2D eigenvalue weighted by Crippen LogP contribution is 2.34. The number of fused-ring (bicyclic) bond motifs is 2. The Kier molecular flexibility index (Phi) is 4.16. The van der Waals surface area contributed by atoms with Crippen molar-refractivity contribution in [1.29, 1.82) is 0 Å². The number of nitrogens with one attached hydrogen (secondary N) is 1. The van der Waals surface area contributed by atoms with Crippen molar-refractivity contribution in [1.82, 2.24) is 15.1 Å². The minimum Gasteiger partial charge on any atom is -0.316 e. The van der Waals surface area contributed by atoms with E-state index in [4.69, 9.17) is 0 Å². The molecule has 1 N–H and O–H groups in total. The Bertz CT molecular complexity index is 298. The van der Waals surface area contributed by atoms with Gasteiger partial charge in [-0.25, -0.2) is 0 Å². The summed E-state index contributed by atoms with van der Waals surface area (Å²) in [7, 11) is 2.35. The van der Waals surface area contributed by atoms with Gasteiger partial charge < -0.3 is 10.2 Å². The Morgan fingerprint density at radius 2 is 2.05 bits per heavy atom. The lowest BCUT2D eigenvalue weighted by molar-refractivity contribution is 0.104. The Balaban J connectivity index is 1.62. The van der Waals surface area contributed by atoms with Gasteiger partial charge in [0.1, 0.15) is 0 Å². The van der Waals surface area contributed by atoms with Crippen LogP contribution in [0.5, 0.6) is 0 Å². The van der Waals surface area contributed by atoms with Gasteiger partial charge in [-0.1, -0.05) is 6.92 Å². The van der Waals surface area contributed by atoms with E-state index in [0.29, 0.717) is 5.41 Å². The summed E-state index contributed by atoms with van der Waals surface area (Å²) in [6, 6.07) is 1.70. The number of hydrogen-bond acceptors (Lipinski definition) is 3. The molecule has 3 nitrogen and oxygen atoms in total. The molecule has 0 aromatic rings. The lowest BCUT2D eigenvalue weighted by Gasteiger charge is -2.41. The quantitative estimate of drug-likeness (QED) is 0.841. The van der Waals surface area contributed by atoms with Gasteiger partial charge in [0.2, 0.25) is 0 Å². The first-order valence-electron chi connectivity index (χ1n) is 8.37. The van der Waals surface area contributed by atoms with Gasteiger partial charge in [-0.15, -0.1) is 0 Å². The highest BCUT2D eigenvalue weighted by Gasteiger charge is 2.38. The fourth-order valence-electron chi connectivity index (χ4n) is 4.58. The highest BCUT2D eigenvalue weighted by molar-refractivity contribution is 4.94. The minimum absolute atomic E-state index is 0.556. The van der Waals surface area contributed by atoms with E-state index in [2.05, 4.69) is 29.1 Å². The van der Waals surface area contributed by atoms with Crippen molar-refractivity contribution in [2.75, 3.05) is 39.8 Å². The van der Waals surface area contributed by atoms with Gasteiger partial charge in [-0.3, -0.25) is 4.90 Å². The van der Waals surface area contributed by atoms with E-state index in [-0.39, 0.29) is 0 Å². The molecule has 2 bridgehead atoms.